The maximum atomic E-state index is 13.3. The third kappa shape index (κ3) is 6.80. The van der Waals surface area contributed by atoms with Crippen molar-refractivity contribution < 1.29 is 34.1 Å². The van der Waals surface area contributed by atoms with Gasteiger partial charge in [0.2, 0.25) is 0 Å². The molecule has 0 aliphatic carbocycles. The minimum absolute atomic E-state index is 0.0543. The Balaban J connectivity index is 1.91. The van der Waals surface area contributed by atoms with Gasteiger partial charge in [-0.15, -0.1) is 0 Å². The fourth-order valence-electron chi connectivity index (χ4n) is 5.58. The number of cyclic esters (lactones) is 1. The van der Waals surface area contributed by atoms with E-state index in [2.05, 4.69) is 0 Å². The molecular weight excluding hydrogens is 484 g/mol. The van der Waals surface area contributed by atoms with Crippen LogP contribution in [-0.2, 0) is 19.1 Å². The monoisotopic (exact) mass is 528 g/mol. The fourth-order valence-corrected chi connectivity index (χ4v) is 5.58. The van der Waals surface area contributed by atoms with Crippen LogP contribution in [0.3, 0.4) is 0 Å². The first-order chi connectivity index (χ1) is 17.7. The summed E-state index contributed by atoms with van der Waals surface area (Å²) in [7, 11) is 0. The van der Waals surface area contributed by atoms with Gasteiger partial charge in [-0.3, -0.25) is 14.4 Å². The number of esters is 1. The van der Waals surface area contributed by atoms with Crippen molar-refractivity contribution in [1.29, 1.82) is 0 Å². The molecule has 0 amide bonds. The van der Waals surface area contributed by atoms with Crippen molar-refractivity contribution >= 4 is 23.6 Å². The Kier molecular flexibility index (Phi) is 9.38. The standard InChI is InChI=1S/C31H44O7/c1-18-11-10-14-31(7)26(38-31)16-24(19(2)15-22-12-8-9-13-23(22)21(4)32)37-27(34)17-25(33)30(5,6)29(36)20(3)28(18)35/h8-9,12-13,15,18,20,24-26,28,33,35H,10-11,14,16-17H2,1-7H3/b19-15+/t18?,20-,24+,25+,26+,28?,31-/m1/s1. The van der Waals surface area contributed by atoms with Crippen LogP contribution >= 0.6 is 0 Å². The van der Waals surface area contributed by atoms with Crippen LogP contribution < -0.4 is 0 Å². The summed E-state index contributed by atoms with van der Waals surface area (Å²) in [4.78, 5) is 38.5. The average molecular weight is 529 g/mol. The van der Waals surface area contributed by atoms with E-state index in [9.17, 15) is 24.6 Å². The molecule has 2 aliphatic rings. The first kappa shape index (κ1) is 30.2. The number of aliphatic hydroxyl groups excluding tert-OH is 2. The lowest BCUT2D eigenvalue weighted by atomic mass is 9.73. The number of ether oxygens (including phenoxy) is 2. The van der Waals surface area contributed by atoms with Gasteiger partial charge in [0.25, 0.3) is 0 Å². The maximum Gasteiger partial charge on any atom is 0.309 e. The SMILES string of the molecule is CC(=O)c1ccccc1/C=C(\C)[C@@H]1C[C@@H]2O[C@]2(C)CCCC(C)C(O)[C@@H](C)C(=O)C(C)(C)[C@@H](O)CC(=O)O1. The Morgan fingerprint density at radius 1 is 1.08 bits per heavy atom. The summed E-state index contributed by atoms with van der Waals surface area (Å²) in [5.41, 5.74) is 0.497. The minimum Gasteiger partial charge on any atom is -0.458 e. The number of fused-ring (bicyclic) bond motifs is 1. The Morgan fingerprint density at radius 2 is 1.74 bits per heavy atom. The molecular formula is C31H44O7. The van der Waals surface area contributed by atoms with Gasteiger partial charge < -0.3 is 19.7 Å². The molecule has 7 atom stereocenters. The Bertz CT molecular complexity index is 1070. The van der Waals surface area contributed by atoms with Crippen LogP contribution in [0.2, 0.25) is 0 Å². The van der Waals surface area contributed by atoms with Gasteiger partial charge in [0.15, 0.2) is 5.78 Å². The summed E-state index contributed by atoms with van der Waals surface area (Å²) in [6.45, 7) is 12.3. The molecule has 1 aromatic carbocycles. The Morgan fingerprint density at radius 3 is 2.39 bits per heavy atom. The lowest BCUT2D eigenvalue weighted by Gasteiger charge is -2.34. The molecule has 3 rings (SSSR count). The highest BCUT2D eigenvalue weighted by molar-refractivity contribution is 5.97. The molecule has 2 aliphatic heterocycles. The number of hydrogen-bond acceptors (Lipinski definition) is 7. The fraction of sp³-hybridized carbons (Fsp3) is 0.645. The van der Waals surface area contributed by atoms with Gasteiger partial charge in [-0.1, -0.05) is 64.5 Å². The molecule has 0 aromatic heterocycles. The molecule has 7 nitrogen and oxygen atoms in total. The molecule has 0 saturated carbocycles. The van der Waals surface area contributed by atoms with E-state index in [1.54, 1.807) is 26.8 Å². The summed E-state index contributed by atoms with van der Waals surface area (Å²) >= 11 is 0. The van der Waals surface area contributed by atoms with Crippen LogP contribution in [0.1, 0.15) is 96.5 Å². The number of hydrogen-bond donors (Lipinski definition) is 2. The van der Waals surface area contributed by atoms with Crippen LogP contribution in [0.25, 0.3) is 6.08 Å². The number of ketones is 2. The lowest BCUT2D eigenvalue weighted by molar-refractivity contribution is -0.154. The van der Waals surface area contributed by atoms with Crippen LogP contribution in [0.15, 0.2) is 29.8 Å². The highest BCUT2D eigenvalue weighted by Crippen LogP contribution is 2.45. The zero-order valence-corrected chi connectivity index (χ0v) is 23.8. The van der Waals surface area contributed by atoms with Crippen molar-refractivity contribution in [2.24, 2.45) is 17.3 Å². The van der Waals surface area contributed by atoms with Crippen molar-refractivity contribution in [1.82, 2.24) is 0 Å². The van der Waals surface area contributed by atoms with Gasteiger partial charge in [0.1, 0.15) is 11.9 Å². The van der Waals surface area contributed by atoms with Crippen molar-refractivity contribution in [3.63, 3.8) is 0 Å². The van der Waals surface area contributed by atoms with Gasteiger partial charge in [0, 0.05) is 17.9 Å². The number of carbonyl (C=O) groups excluding carboxylic acids is 3. The highest BCUT2D eigenvalue weighted by atomic mass is 16.6. The van der Waals surface area contributed by atoms with Gasteiger partial charge >= 0.3 is 5.97 Å². The molecule has 2 unspecified atom stereocenters. The van der Waals surface area contributed by atoms with Crippen LogP contribution in [-0.4, -0.2) is 57.8 Å². The minimum atomic E-state index is -1.27. The molecule has 0 spiro atoms. The van der Waals surface area contributed by atoms with Crippen molar-refractivity contribution in [3.8, 4) is 0 Å². The van der Waals surface area contributed by atoms with E-state index in [0.29, 0.717) is 12.0 Å². The smallest absolute Gasteiger partial charge is 0.309 e. The normalized spacial score (nSPS) is 35.2. The van der Waals surface area contributed by atoms with Crippen LogP contribution in [0.4, 0.5) is 0 Å². The summed E-state index contributed by atoms with van der Waals surface area (Å²) in [5.74, 6) is -1.73. The van der Waals surface area contributed by atoms with Crippen LogP contribution in [0, 0.1) is 17.3 Å². The largest absolute Gasteiger partial charge is 0.458 e. The zero-order valence-electron chi connectivity index (χ0n) is 23.8. The topological polar surface area (TPSA) is 113 Å². The van der Waals surface area contributed by atoms with Crippen molar-refractivity contribution in [2.75, 3.05) is 0 Å². The first-order valence-electron chi connectivity index (χ1n) is 13.7. The molecule has 2 N–H and O–H groups in total. The lowest BCUT2D eigenvalue weighted by Crippen LogP contribution is -2.45. The summed E-state index contributed by atoms with van der Waals surface area (Å²) in [6, 6.07) is 7.28. The zero-order chi connectivity index (χ0) is 28.4. The molecule has 0 bridgehead atoms. The van der Waals surface area contributed by atoms with Gasteiger partial charge in [0.05, 0.1) is 35.7 Å². The number of benzene rings is 1. The maximum absolute atomic E-state index is 13.3. The predicted molar refractivity (Wildman–Crippen MR) is 145 cm³/mol. The van der Waals surface area contributed by atoms with E-state index in [-0.39, 0.29) is 35.6 Å². The summed E-state index contributed by atoms with van der Waals surface area (Å²) in [6.07, 6.45) is 1.47. The highest BCUT2D eigenvalue weighted by Gasteiger charge is 2.53. The molecule has 210 valence electrons. The number of rotatable bonds is 3. The van der Waals surface area contributed by atoms with E-state index in [4.69, 9.17) is 9.47 Å². The number of carbonyl (C=O) groups is 3. The van der Waals surface area contributed by atoms with Gasteiger partial charge in [-0.25, -0.2) is 0 Å². The average Bonchev–Trinajstić information content (AvgIpc) is 3.49. The molecule has 2 fully saturated rings. The summed E-state index contributed by atoms with van der Waals surface area (Å²) in [5, 5.41) is 21.8. The van der Waals surface area contributed by atoms with Crippen molar-refractivity contribution in [2.45, 2.75) is 111 Å². The number of epoxide rings is 1. The van der Waals surface area contributed by atoms with Crippen molar-refractivity contribution in [3.05, 3.63) is 41.0 Å². The van der Waals surface area contributed by atoms with E-state index in [1.807, 2.05) is 45.0 Å². The predicted octanol–water partition coefficient (Wildman–Crippen LogP) is 4.92. The Hall–Kier alpha value is -2.35. The molecule has 0 radical (unpaired) electrons. The number of Topliss-reactive ketones (excluding diaryl/α,β-unsaturated/α-hetero) is 2. The van der Waals surface area contributed by atoms with E-state index < -0.39 is 35.6 Å². The Labute approximate surface area is 226 Å². The van der Waals surface area contributed by atoms with Gasteiger partial charge in [-0.2, -0.15) is 0 Å². The molecule has 1 aromatic rings. The number of aliphatic hydroxyl groups is 2. The molecule has 2 saturated heterocycles. The van der Waals surface area contributed by atoms with Crippen LogP contribution in [0.5, 0.6) is 0 Å². The van der Waals surface area contributed by atoms with E-state index >= 15 is 0 Å². The quantitative estimate of drug-likeness (QED) is 0.325. The van der Waals surface area contributed by atoms with E-state index in [0.717, 1.165) is 30.4 Å². The summed E-state index contributed by atoms with van der Waals surface area (Å²) < 4.78 is 12.0. The molecule has 2 heterocycles. The third-order valence-corrected chi connectivity index (χ3v) is 8.64. The first-order valence-corrected chi connectivity index (χ1v) is 13.7. The van der Waals surface area contributed by atoms with E-state index in [1.165, 1.54) is 6.92 Å². The van der Waals surface area contributed by atoms with Gasteiger partial charge in [-0.05, 0) is 50.7 Å². The second-order valence-corrected chi connectivity index (χ2v) is 12.1. The third-order valence-electron chi connectivity index (χ3n) is 8.64. The molecule has 38 heavy (non-hydrogen) atoms. The second-order valence-electron chi connectivity index (χ2n) is 12.1. The second kappa shape index (κ2) is 11.8. The molecule has 7 heteroatoms.